The smallest absolute Gasteiger partial charge is 0.244 e. The maximum absolute atomic E-state index is 14.0. The minimum absolute atomic E-state index is 0.0615. The second kappa shape index (κ2) is 14.8. The molecule has 0 aromatic heterocycles. The highest BCUT2D eigenvalue weighted by atomic mass is 32.2. The van der Waals surface area contributed by atoms with Gasteiger partial charge < -0.3 is 38.5 Å². The van der Waals surface area contributed by atoms with Gasteiger partial charge in [0.05, 0.1) is 4.90 Å². The Labute approximate surface area is 256 Å². The molecule has 44 heavy (non-hydrogen) atoms. The molecule has 10 N–H and O–H groups in total. The third-order valence-corrected chi connectivity index (χ3v) is 9.32. The minimum atomic E-state index is -4.14. The number of primary amides is 2. The number of hydrogen-bond acceptors (Lipinski definition) is 8. The highest BCUT2D eigenvalue weighted by Crippen LogP contribution is 2.34. The van der Waals surface area contributed by atoms with E-state index >= 15 is 0 Å². The maximum atomic E-state index is 14.0. The van der Waals surface area contributed by atoms with Crippen molar-refractivity contribution in [1.29, 1.82) is 0 Å². The van der Waals surface area contributed by atoms with E-state index in [2.05, 4.69) is 15.6 Å². The van der Waals surface area contributed by atoms with Crippen molar-refractivity contribution in [1.82, 2.24) is 14.9 Å². The Morgan fingerprint density at radius 3 is 2.30 bits per heavy atom. The molecule has 0 radical (unpaired) electrons. The van der Waals surface area contributed by atoms with Crippen molar-refractivity contribution in [2.75, 3.05) is 32.1 Å². The van der Waals surface area contributed by atoms with Gasteiger partial charge in [-0.15, -0.1) is 0 Å². The monoisotopic (exact) mass is 631 g/mol. The quantitative estimate of drug-likeness (QED) is 0.0786. The number of benzene rings is 2. The van der Waals surface area contributed by atoms with Crippen molar-refractivity contribution in [3.63, 3.8) is 0 Å². The fourth-order valence-corrected chi connectivity index (χ4v) is 7.05. The van der Waals surface area contributed by atoms with Crippen LogP contribution in [0.5, 0.6) is 0 Å². The normalized spacial score (nSPS) is 16.5. The topological polar surface area (TPSA) is 249 Å². The first-order valence-electron chi connectivity index (χ1n) is 14.2. The molecule has 2 aromatic carbocycles. The molecule has 0 spiro atoms. The van der Waals surface area contributed by atoms with Gasteiger partial charge in [-0.1, -0.05) is 24.3 Å². The molecule has 15 nitrogen and oxygen atoms in total. The van der Waals surface area contributed by atoms with Crippen molar-refractivity contribution in [3.8, 4) is 0 Å². The van der Waals surface area contributed by atoms with Crippen LogP contribution in [-0.2, 0) is 29.2 Å². The molecule has 4 amide bonds. The van der Waals surface area contributed by atoms with Crippen LogP contribution in [0.2, 0.25) is 0 Å². The molecular weight excluding hydrogens is 590 g/mol. The predicted octanol–water partition coefficient (Wildman–Crippen LogP) is -1.17. The summed E-state index contributed by atoms with van der Waals surface area (Å²) in [6, 6.07) is 6.86. The van der Waals surface area contributed by atoms with Crippen molar-refractivity contribution >= 4 is 56.1 Å². The molecule has 0 aliphatic carbocycles. The number of aliphatic imine (C=N–C) groups is 1. The van der Waals surface area contributed by atoms with E-state index in [0.29, 0.717) is 18.2 Å². The standard InChI is InChI=1S/C28H41N9O6S/c1-36(2)21-10-3-8-18-17(21)7-4-12-23(18)44(42,43)37-16-6-11-22(37)27(41)35-20(13-14-24(29)38)26(40)34-19(25(30)39)9-5-15-33-28(31)32/h3-4,7-8,10,12,19-20,22H,5-6,9,11,13-16H2,1-2H3,(H2,29,38)(H2,30,39)(H,34,40)(H,35,41)(H4,31,32,33)/t19?,20?,22-/m0/s1. The molecule has 1 saturated heterocycles. The zero-order valence-corrected chi connectivity index (χ0v) is 25.7. The minimum Gasteiger partial charge on any atom is -0.377 e. The Morgan fingerprint density at radius 1 is 0.977 bits per heavy atom. The Morgan fingerprint density at radius 2 is 1.66 bits per heavy atom. The lowest BCUT2D eigenvalue weighted by Gasteiger charge is -2.27. The second-order valence-electron chi connectivity index (χ2n) is 10.8. The summed E-state index contributed by atoms with van der Waals surface area (Å²) in [4.78, 5) is 56.0. The van der Waals surface area contributed by atoms with E-state index in [1.807, 2.05) is 31.1 Å². The Balaban J connectivity index is 1.83. The number of carbonyl (C=O) groups is 4. The molecule has 1 aliphatic heterocycles. The van der Waals surface area contributed by atoms with E-state index in [1.165, 1.54) is 6.07 Å². The van der Waals surface area contributed by atoms with Gasteiger partial charge in [-0.2, -0.15) is 4.31 Å². The summed E-state index contributed by atoms with van der Waals surface area (Å²) >= 11 is 0. The Hall–Kier alpha value is -4.44. The summed E-state index contributed by atoms with van der Waals surface area (Å²) < 4.78 is 29.1. The molecule has 3 rings (SSSR count). The lowest BCUT2D eigenvalue weighted by molar-refractivity contribution is -0.133. The van der Waals surface area contributed by atoms with Gasteiger partial charge in [-0.3, -0.25) is 24.2 Å². The first kappa shape index (κ1) is 34.1. The first-order chi connectivity index (χ1) is 20.7. The number of nitrogens with zero attached hydrogens (tertiary/aromatic N) is 3. The summed E-state index contributed by atoms with van der Waals surface area (Å²) in [5, 5.41) is 6.33. The molecule has 240 valence electrons. The lowest BCUT2D eigenvalue weighted by Crippen LogP contribution is -2.56. The average Bonchev–Trinajstić information content (AvgIpc) is 3.47. The highest BCUT2D eigenvalue weighted by Gasteiger charge is 2.41. The van der Waals surface area contributed by atoms with Gasteiger partial charge in [-0.05, 0) is 44.2 Å². The number of rotatable bonds is 15. The van der Waals surface area contributed by atoms with Gasteiger partial charge >= 0.3 is 0 Å². The molecular formula is C28H41N9O6S. The van der Waals surface area contributed by atoms with Gasteiger partial charge in [0.2, 0.25) is 33.7 Å². The SMILES string of the molecule is CN(C)c1cccc2c(S(=O)(=O)N3CCC[C@H]3C(=O)NC(CCC(N)=O)C(=O)NC(CCCN=C(N)N)C(N)=O)cccc12. The third-order valence-electron chi connectivity index (χ3n) is 7.35. The summed E-state index contributed by atoms with van der Waals surface area (Å²) in [6.45, 7) is 0.296. The van der Waals surface area contributed by atoms with Gasteiger partial charge in [0.1, 0.15) is 18.1 Å². The van der Waals surface area contributed by atoms with Crippen LogP contribution in [0.3, 0.4) is 0 Å². The Kier molecular flexibility index (Phi) is 11.5. The van der Waals surface area contributed by atoms with Crippen LogP contribution in [0.25, 0.3) is 10.8 Å². The highest BCUT2D eigenvalue weighted by molar-refractivity contribution is 7.89. The number of carbonyl (C=O) groups excluding carboxylic acids is 4. The van der Waals surface area contributed by atoms with Gasteiger partial charge in [-0.25, -0.2) is 8.42 Å². The van der Waals surface area contributed by atoms with E-state index in [-0.39, 0.29) is 49.6 Å². The first-order valence-corrected chi connectivity index (χ1v) is 15.6. The van der Waals surface area contributed by atoms with Gasteiger partial charge in [0, 0.05) is 50.1 Å². The summed E-state index contributed by atoms with van der Waals surface area (Å²) in [7, 11) is -0.421. The predicted molar refractivity (Wildman–Crippen MR) is 167 cm³/mol. The summed E-state index contributed by atoms with van der Waals surface area (Å²) in [5.74, 6) is -3.14. The van der Waals surface area contributed by atoms with E-state index in [4.69, 9.17) is 22.9 Å². The molecule has 0 saturated carbocycles. The number of nitrogens with one attached hydrogen (secondary N) is 2. The Bertz CT molecular complexity index is 1520. The van der Waals surface area contributed by atoms with Crippen LogP contribution in [0.15, 0.2) is 46.3 Å². The van der Waals surface area contributed by atoms with Crippen molar-refractivity contribution < 1.29 is 27.6 Å². The summed E-state index contributed by atoms with van der Waals surface area (Å²) in [5.41, 5.74) is 22.2. The number of nitrogens with two attached hydrogens (primary N) is 4. The van der Waals surface area contributed by atoms with Crippen LogP contribution >= 0.6 is 0 Å². The number of fused-ring (bicyclic) bond motifs is 1. The average molecular weight is 632 g/mol. The number of amides is 4. The molecule has 1 aliphatic rings. The molecule has 1 fully saturated rings. The largest absolute Gasteiger partial charge is 0.377 e. The van der Waals surface area contributed by atoms with Gasteiger partial charge in [0.15, 0.2) is 5.96 Å². The maximum Gasteiger partial charge on any atom is 0.244 e. The van der Waals surface area contributed by atoms with Crippen LogP contribution in [0.4, 0.5) is 5.69 Å². The molecule has 2 aromatic rings. The number of hydrogen-bond donors (Lipinski definition) is 6. The van der Waals surface area contributed by atoms with Crippen LogP contribution < -0.4 is 38.5 Å². The van der Waals surface area contributed by atoms with Gasteiger partial charge in [0.25, 0.3) is 0 Å². The van der Waals surface area contributed by atoms with Crippen LogP contribution in [0, 0.1) is 0 Å². The van der Waals surface area contributed by atoms with E-state index in [1.54, 1.807) is 18.2 Å². The molecule has 3 atom stereocenters. The fraction of sp³-hybridized carbons (Fsp3) is 0.464. The van der Waals surface area contributed by atoms with Crippen molar-refractivity contribution in [3.05, 3.63) is 36.4 Å². The third kappa shape index (κ3) is 8.35. The van der Waals surface area contributed by atoms with E-state index in [0.717, 1.165) is 15.4 Å². The zero-order chi connectivity index (χ0) is 32.6. The molecule has 16 heteroatoms. The van der Waals surface area contributed by atoms with Crippen molar-refractivity contribution in [2.45, 2.75) is 61.5 Å². The van der Waals surface area contributed by atoms with Crippen molar-refractivity contribution in [2.24, 2.45) is 27.9 Å². The molecule has 2 unspecified atom stereocenters. The van der Waals surface area contributed by atoms with Crippen LogP contribution in [-0.4, -0.2) is 87.6 Å². The zero-order valence-electron chi connectivity index (χ0n) is 24.9. The number of anilines is 1. The number of guanidine groups is 1. The second-order valence-corrected chi connectivity index (χ2v) is 12.6. The fourth-order valence-electron chi connectivity index (χ4n) is 5.18. The van der Waals surface area contributed by atoms with Crippen LogP contribution in [0.1, 0.15) is 38.5 Å². The molecule has 0 bridgehead atoms. The van der Waals surface area contributed by atoms with E-state index in [9.17, 15) is 27.6 Å². The van der Waals surface area contributed by atoms with E-state index < -0.39 is 51.8 Å². The number of sulfonamides is 1. The lowest BCUT2D eigenvalue weighted by atomic mass is 10.1. The molecule has 1 heterocycles. The summed E-state index contributed by atoms with van der Waals surface area (Å²) in [6.07, 6.45) is 0.649.